The van der Waals surface area contributed by atoms with Crippen LogP contribution in [0.15, 0.2) is 53.0 Å². The molecule has 11 heteroatoms. The highest BCUT2D eigenvalue weighted by Gasteiger charge is 2.75. The molecule has 44 heavy (non-hydrogen) atoms. The van der Waals surface area contributed by atoms with Crippen LogP contribution in [-0.4, -0.2) is 88.1 Å². The number of fused-ring (bicyclic) bond motifs is 2. The highest BCUT2D eigenvalue weighted by molar-refractivity contribution is 9.11. The van der Waals surface area contributed by atoms with E-state index >= 15 is 0 Å². The molecule has 8 atom stereocenters. The molecule has 0 unspecified atom stereocenters. The number of aliphatic hydroxyl groups is 1. The lowest BCUT2D eigenvalue weighted by Crippen LogP contribution is -2.58. The van der Waals surface area contributed by atoms with E-state index in [1.54, 1.807) is 24.8 Å². The average molecular weight is 673 g/mol. The number of amides is 3. The summed E-state index contributed by atoms with van der Waals surface area (Å²) in [7, 11) is 0. The van der Waals surface area contributed by atoms with Crippen molar-refractivity contribution in [1.29, 1.82) is 0 Å². The Balaban J connectivity index is 1.60. The van der Waals surface area contributed by atoms with Crippen LogP contribution in [-0.2, 0) is 28.7 Å². The Morgan fingerprint density at radius 3 is 2.55 bits per heavy atom. The number of ether oxygens (including phenoxy) is 2. The zero-order valence-corrected chi connectivity index (χ0v) is 27.1. The second-order valence-electron chi connectivity index (χ2n) is 12.2. The molecule has 0 radical (unpaired) electrons. The summed E-state index contributed by atoms with van der Waals surface area (Å²) in [6.07, 6.45) is 7.28. The number of nitrogens with zero attached hydrogens (tertiary/aromatic N) is 2. The number of halogens is 1. The van der Waals surface area contributed by atoms with Crippen molar-refractivity contribution in [3.8, 4) is 0 Å². The fourth-order valence-electron chi connectivity index (χ4n) is 7.03. The zero-order valence-electron chi connectivity index (χ0n) is 25.5. The predicted molar refractivity (Wildman–Crippen MR) is 166 cm³/mol. The van der Waals surface area contributed by atoms with Crippen molar-refractivity contribution in [2.45, 2.75) is 88.8 Å². The van der Waals surface area contributed by atoms with Crippen LogP contribution in [0.4, 0.5) is 0 Å². The molecule has 0 aliphatic carbocycles. The lowest BCUT2D eigenvalue weighted by Gasteiger charge is -2.37. The molecule has 0 saturated carbocycles. The Hall–Kier alpha value is -3.02. The number of hydrogen-bond donors (Lipinski definition) is 2. The molecule has 2 saturated heterocycles. The van der Waals surface area contributed by atoms with Gasteiger partial charge in [0.25, 0.3) is 0 Å². The first-order valence-corrected chi connectivity index (χ1v) is 16.4. The van der Waals surface area contributed by atoms with E-state index in [0.29, 0.717) is 29.6 Å². The number of aliphatic hydroxyl groups excluding tert-OH is 1. The van der Waals surface area contributed by atoms with Crippen LogP contribution in [0, 0.1) is 11.8 Å². The number of hydrogen-bond acceptors (Lipinski definition) is 7. The Labute approximate surface area is 266 Å². The fourth-order valence-corrected chi connectivity index (χ4v) is 7.76. The molecule has 4 aliphatic rings. The zero-order chi connectivity index (χ0) is 31.6. The van der Waals surface area contributed by atoms with Crippen molar-refractivity contribution in [1.82, 2.24) is 15.1 Å². The number of allylic oxidation sites excluding steroid dienone is 1. The Morgan fingerprint density at radius 2 is 1.84 bits per heavy atom. The topological polar surface area (TPSA) is 125 Å². The molecule has 1 aromatic carbocycles. The Kier molecular flexibility index (Phi) is 9.96. The number of benzene rings is 1. The molecule has 4 aliphatic heterocycles. The number of unbranched alkanes of at least 4 members (excludes halogenated alkanes) is 2. The quantitative estimate of drug-likeness (QED) is 0.259. The number of carbonyl (C=O) groups excluding carboxylic acids is 4. The van der Waals surface area contributed by atoms with Crippen molar-refractivity contribution in [2.75, 3.05) is 19.7 Å². The van der Waals surface area contributed by atoms with E-state index in [1.165, 1.54) is 4.90 Å². The molecule has 5 rings (SSSR count). The average Bonchev–Trinajstić information content (AvgIpc) is 3.61. The summed E-state index contributed by atoms with van der Waals surface area (Å²) >= 11 is 3.57. The van der Waals surface area contributed by atoms with E-state index in [9.17, 15) is 24.3 Å². The molecule has 5 bridgehead atoms. The van der Waals surface area contributed by atoms with Gasteiger partial charge in [0.15, 0.2) is 0 Å². The lowest BCUT2D eigenvalue weighted by atomic mass is 9.74. The number of esters is 1. The van der Waals surface area contributed by atoms with Crippen molar-refractivity contribution < 1.29 is 33.8 Å². The number of cyclic esters (lactones) is 1. The van der Waals surface area contributed by atoms with Crippen LogP contribution in [0.2, 0.25) is 0 Å². The maximum absolute atomic E-state index is 14.5. The van der Waals surface area contributed by atoms with Gasteiger partial charge in [0.05, 0.1) is 24.6 Å². The van der Waals surface area contributed by atoms with Crippen LogP contribution in [0.25, 0.3) is 0 Å². The highest BCUT2D eigenvalue weighted by Crippen LogP contribution is 2.59. The summed E-state index contributed by atoms with van der Waals surface area (Å²) < 4.78 is 13.3. The minimum atomic E-state index is -1.41. The molecule has 2 fully saturated rings. The molecule has 10 nitrogen and oxygen atoms in total. The minimum absolute atomic E-state index is 0.185. The van der Waals surface area contributed by atoms with Gasteiger partial charge < -0.3 is 29.7 Å². The van der Waals surface area contributed by atoms with Gasteiger partial charge >= 0.3 is 5.97 Å². The van der Waals surface area contributed by atoms with E-state index in [-0.39, 0.29) is 24.8 Å². The summed E-state index contributed by atoms with van der Waals surface area (Å²) in [5.41, 5.74) is -0.711. The third kappa shape index (κ3) is 5.86. The van der Waals surface area contributed by atoms with Gasteiger partial charge in [0.2, 0.25) is 17.7 Å². The summed E-state index contributed by atoms with van der Waals surface area (Å²) in [4.78, 5) is 59.0. The van der Waals surface area contributed by atoms with E-state index in [1.807, 2.05) is 42.5 Å². The second kappa shape index (κ2) is 13.5. The fraction of sp³-hybridized carbons (Fsp3) is 0.576. The van der Waals surface area contributed by atoms with Gasteiger partial charge in [-0.25, -0.2) is 0 Å². The monoisotopic (exact) mass is 671 g/mol. The summed E-state index contributed by atoms with van der Waals surface area (Å²) in [5.74, 6) is -3.61. The van der Waals surface area contributed by atoms with Crippen molar-refractivity contribution in [3.63, 3.8) is 0 Å². The van der Waals surface area contributed by atoms with E-state index in [0.717, 1.165) is 19.3 Å². The van der Waals surface area contributed by atoms with Crippen molar-refractivity contribution >= 4 is 39.6 Å². The van der Waals surface area contributed by atoms with Crippen LogP contribution in [0.1, 0.15) is 64.5 Å². The smallest absolute Gasteiger partial charge is 0.313 e. The first-order valence-electron chi connectivity index (χ1n) is 15.6. The largest absolute Gasteiger partial charge is 0.455 e. The molecule has 2 N–H and O–H groups in total. The van der Waals surface area contributed by atoms with Crippen molar-refractivity contribution in [3.05, 3.63) is 58.6 Å². The van der Waals surface area contributed by atoms with Crippen LogP contribution in [0.3, 0.4) is 0 Å². The van der Waals surface area contributed by atoms with E-state index < -0.39 is 59.6 Å². The standard InChI is InChI=1S/C33H42BrN3O7/c1-4-5-11-16-36-17-12-7-10-15-24(39)35-21(3)27(22-13-8-6-9-14-22)43-32(42)25-26-30(40)37(20(2)19-38)29(31(36)41)33(26)18-23(34)28(25)44-33/h6-9,12-14,18,20-21,25-29,38H,4-5,10-11,15-17,19H2,1-3H3,(H,35,39)/b12-7-/t20-,21+,25-,26+,27-,28-,29-,33+/m1/s1. The molecule has 3 amide bonds. The molecular formula is C33H42BrN3O7. The molecular weight excluding hydrogens is 630 g/mol. The van der Waals surface area contributed by atoms with E-state index in [2.05, 4.69) is 28.2 Å². The SMILES string of the molecule is CCCCCN1C/C=C\CCC(=O)N[C@@H](C)[C@H](c2ccccc2)OC(=O)[C@H]2[C@@H]3O[C@@]4(C=C3Br)[C@@H]2C(=O)N([C@H](C)CO)[C@@H]4C1=O. The van der Waals surface area contributed by atoms with Gasteiger partial charge in [-0.2, -0.15) is 0 Å². The van der Waals surface area contributed by atoms with Gasteiger partial charge in [-0.05, 0) is 38.3 Å². The third-order valence-corrected chi connectivity index (χ3v) is 9.88. The predicted octanol–water partition coefficient (Wildman–Crippen LogP) is 3.40. The number of nitrogens with one attached hydrogen (secondary N) is 1. The summed E-state index contributed by atoms with van der Waals surface area (Å²) in [6, 6.07) is 6.85. The first kappa shape index (κ1) is 32.4. The lowest BCUT2D eigenvalue weighted by molar-refractivity contribution is -0.162. The summed E-state index contributed by atoms with van der Waals surface area (Å²) in [5, 5.41) is 13.2. The summed E-state index contributed by atoms with van der Waals surface area (Å²) in [6.45, 7) is 5.98. The molecule has 4 heterocycles. The Morgan fingerprint density at radius 1 is 1.09 bits per heavy atom. The first-order chi connectivity index (χ1) is 21.1. The van der Waals surface area contributed by atoms with Crippen LogP contribution >= 0.6 is 15.9 Å². The van der Waals surface area contributed by atoms with E-state index in [4.69, 9.17) is 9.47 Å². The van der Waals surface area contributed by atoms with Crippen molar-refractivity contribution in [2.24, 2.45) is 11.8 Å². The number of rotatable bonds is 7. The normalized spacial score (nSPS) is 34.0. The van der Waals surface area contributed by atoms with Crippen LogP contribution in [0.5, 0.6) is 0 Å². The molecule has 1 aromatic rings. The minimum Gasteiger partial charge on any atom is -0.455 e. The van der Waals surface area contributed by atoms with Gasteiger partial charge in [-0.1, -0.05) is 78.2 Å². The highest BCUT2D eigenvalue weighted by atomic mass is 79.9. The molecule has 0 aromatic heterocycles. The van der Waals surface area contributed by atoms with Gasteiger partial charge in [-0.15, -0.1) is 0 Å². The second-order valence-corrected chi connectivity index (χ2v) is 13.1. The number of carbonyl (C=O) groups is 4. The van der Waals surface area contributed by atoms with Gasteiger partial charge in [-0.3, -0.25) is 19.2 Å². The van der Waals surface area contributed by atoms with Crippen LogP contribution < -0.4 is 5.32 Å². The Bertz CT molecular complexity index is 1320. The molecule has 238 valence electrons. The maximum Gasteiger partial charge on any atom is 0.313 e. The maximum atomic E-state index is 14.5. The number of likely N-dealkylation sites (tertiary alicyclic amines) is 1. The van der Waals surface area contributed by atoms with Gasteiger partial charge in [0, 0.05) is 24.0 Å². The molecule has 1 spiro atoms. The van der Waals surface area contributed by atoms with Gasteiger partial charge in [0.1, 0.15) is 29.8 Å². The third-order valence-electron chi connectivity index (χ3n) is 9.20.